The topological polar surface area (TPSA) is 42.1 Å². The molecule has 0 radical (unpaired) electrons. The van der Waals surface area contributed by atoms with Crippen LogP contribution in [0.3, 0.4) is 0 Å². The molecule has 1 N–H and O–H groups in total. The number of pyridine rings is 1. The highest BCUT2D eigenvalue weighted by atomic mass is 35.5. The van der Waals surface area contributed by atoms with Crippen LogP contribution in [-0.4, -0.2) is 18.4 Å². The Bertz CT molecular complexity index is 621. The van der Waals surface area contributed by atoms with Gasteiger partial charge in [-0.3, -0.25) is 4.79 Å². The Morgan fingerprint density at radius 2 is 2.25 bits per heavy atom. The van der Waals surface area contributed by atoms with Crippen LogP contribution in [0.2, 0.25) is 5.02 Å². The van der Waals surface area contributed by atoms with Crippen molar-refractivity contribution in [3.05, 3.63) is 33.4 Å². The molecule has 2 aromatic rings. The summed E-state index contributed by atoms with van der Waals surface area (Å²) in [6, 6.07) is 5.26. The maximum absolute atomic E-state index is 10.9. The van der Waals surface area contributed by atoms with Crippen LogP contribution in [0.25, 0.3) is 10.9 Å². The molecule has 1 aromatic carbocycles. The lowest BCUT2D eigenvalue weighted by Gasteiger charge is -2.08. The lowest BCUT2D eigenvalue weighted by Crippen LogP contribution is -1.95. The van der Waals surface area contributed by atoms with Crippen LogP contribution in [0.5, 0.6) is 5.75 Å². The zero-order chi connectivity index (χ0) is 11.7. The van der Waals surface area contributed by atoms with Gasteiger partial charge >= 0.3 is 0 Å². The van der Waals surface area contributed by atoms with Crippen molar-refractivity contribution in [2.45, 2.75) is 0 Å². The fraction of sp³-hybridized carbons (Fsp3) is 0.0909. The van der Waals surface area contributed by atoms with E-state index in [9.17, 15) is 4.79 Å². The van der Waals surface area contributed by atoms with Crippen molar-refractivity contribution in [3.8, 4) is 5.75 Å². The Labute approximate surface area is 102 Å². The Hall–Kier alpha value is -1.39. The van der Waals surface area contributed by atoms with Gasteiger partial charge in [-0.05, 0) is 18.2 Å². The van der Waals surface area contributed by atoms with E-state index in [0.717, 1.165) is 10.9 Å². The standard InChI is InChI=1S/C11H8ClNO2S/c1-15-10-7-3-2-6(12)4-9(7)13-11(16)8(10)5-14/h2-5H,1H3,(H,13,16). The van der Waals surface area contributed by atoms with Gasteiger partial charge in [0, 0.05) is 10.4 Å². The summed E-state index contributed by atoms with van der Waals surface area (Å²) in [5.41, 5.74) is 1.10. The molecule has 0 bridgehead atoms. The third-order valence-corrected chi connectivity index (χ3v) is 2.84. The minimum absolute atomic E-state index is 0.349. The number of rotatable bonds is 2. The highest BCUT2D eigenvalue weighted by Crippen LogP contribution is 2.29. The molecule has 0 aliphatic rings. The van der Waals surface area contributed by atoms with E-state index in [4.69, 9.17) is 28.6 Å². The van der Waals surface area contributed by atoms with E-state index in [1.807, 2.05) is 0 Å². The van der Waals surface area contributed by atoms with E-state index in [2.05, 4.69) is 4.98 Å². The van der Waals surface area contributed by atoms with Crippen molar-refractivity contribution >= 4 is 41.0 Å². The molecule has 0 atom stereocenters. The molecule has 1 aromatic heterocycles. The van der Waals surface area contributed by atoms with Crippen LogP contribution in [0.1, 0.15) is 10.4 Å². The summed E-state index contributed by atoms with van der Waals surface area (Å²) in [5, 5.41) is 1.38. The lowest BCUT2D eigenvalue weighted by atomic mass is 10.1. The first kappa shape index (κ1) is 11.1. The molecule has 0 saturated carbocycles. The third-order valence-electron chi connectivity index (χ3n) is 2.29. The molecule has 0 aliphatic heterocycles. The first-order chi connectivity index (χ1) is 7.67. The van der Waals surface area contributed by atoms with E-state index in [-0.39, 0.29) is 0 Å². The fourth-order valence-electron chi connectivity index (χ4n) is 1.58. The Balaban J connectivity index is 2.95. The summed E-state index contributed by atoms with van der Waals surface area (Å²) in [6.07, 6.45) is 0.686. The number of aromatic nitrogens is 1. The number of methoxy groups -OCH3 is 1. The minimum atomic E-state index is 0.349. The molecule has 82 valence electrons. The summed E-state index contributed by atoms with van der Waals surface area (Å²) in [4.78, 5) is 13.9. The van der Waals surface area contributed by atoms with Crippen molar-refractivity contribution in [1.82, 2.24) is 4.98 Å². The minimum Gasteiger partial charge on any atom is -0.495 e. The van der Waals surface area contributed by atoms with Crippen molar-refractivity contribution < 1.29 is 9.53 Å². The maximum Gasteiger partial charge on any atom is 0.156 e. The van der Waals surface area contributed by atoms with E-state index >= 15 is 0 Å². The summed E-state index contributed by atoms with van der Waals surface area (Å²) in [6.45, 7) is 0. The van der Waals surface area contributed by atoms with Crippen LogP contribution in [-0.2, 0) is 0 Å². The molecule has 0 unspecified atom stereocenters. The zero-order valence-electron chi connectivity index (χ0n) is 8.41. The van der Waals surface area contributed by atoms with Crippen molar-refractivity contribution in [1.29, 1.82) is 0 Å². The summed E-state index contributed by atoms with van der Waals surface area (Å²) in [7, 11) is 1.51. The highest BCUT2D eigenvalue weighted by molar-refractivity contribution is 7.71. The van der Waals surface area contributed by atoms with Crippen molar-refractivity contribution in [3.63, 3.8) is 0 Å². The molecule has 0 saturated heterocycles. The van der Waals surface area contributed by atoms with Gasteiger partial charge in [-0.2, -0.15) is 0 Å². The molecular weight excluding hydrogens is 246 g/mol. The molecule has 16 heavy (non-hydrogen) atoms. The number of H-pyrrole nitrogens is 1. The van der Waals surface area contributed by atoms with E-state index in [1.54, 1.807) is 18.2 Å². The highest BCUT2D eigenvalue weighted by Gasteiger charge is 2.10. The number of hydrogen-bond acceptors (Lipinski definition) is 3. The summed E-state index contributed by atoms with van der Waals surface area (Å²) in [5.74, 6) is 0.477. The number of carbonyl (C=O) groups is 1. The number of fused-ring (bicyclic) bond motifs is 1. The number of halogens is 1. The molecule has 1 heterocycles. The molecule has 0 fully saturated rings. The number of benzene rings is 1. The van der Waals surface area contributed by atoms with Crippen molar-refractivity contribution in [2.24, 2.45) is 0 Å². The average Bonchev–Trinajstić information content (AvgIpc) is 2.26. The van der Waals surface area contributed by atoms with Gasteiger partial charge in [-0.25, -0.2) is 0 Å². The summed E-state index contributed by atoms with van der Waals surface area (Å²) >= 11 is 10.9. The molecular formula is C11H8ClNO2S. The van der Waals surface area contributed by atoms with Crippen LogP contribution in [0.15, 0.2) is 18.2 Å². The SMILES string of the molecule is COc1c(C=O)c(=S)[nH]c2cc(Cl)ccc12. The number of aromatic amines is 1. The normalized spacial score (nSPS) is 10.4. The quantitative estimate of drug-likeness (QED) is 0.659. The Morgan fingerprint density at radius 1 is 1.50 bits per heavy atom. The molecule has 0 aliphatic carbocycles. The van der Waals surface area contributed by atoms with Gasteiger partial charge in [0.05, 0.1) is 18.2 Å². The predicted molar refractivity (Wildman–Crippen MR) is 66.1 cm³/mol. The second kappa shape index (κ2) is 4.23. The molecule has 2 rings (SSSR count). The molecule has 0 amide bonds. The van der Waals surface area contributed by atoms with Crippen LogP contribution < -0.4 is 4.74 Å². The molecule has 5 heteroatoms. The monoisotopic (exact) mass is 253 g/mol. The maximum atomic E-state index is 10.9. The number of ether oxygens (including phenoxy) is 1. The van der Waals surface area contributed by atoms with Gasteiger partial charge in [0.25, 0.3) is 0 Å². The van der Waals surface area contributed by atoms with E-state index < -0.39 is 0 Å². The predicted octanol–water partition coefficient (Wildman–Crippen LogP) is 3.37. The summed E-state index contributed by atoms with van der Waals surface area (Å²) < 4.78 is 5.56. The number of hydrogen-bond donors (Lipinski definition) is 1. The third kappa shape index (κ3) is 1.70. The molecule has 0 spiro atoms. The van der Waals surface area contributed by atoms with Crippen molar-refractivity contribution in [2.75, 3.05) is 7.11 Å². The largest absolute Gasteiger partial charge is 0.495 e. The van der Waals surface area contributed by atoms with Crippen LogP contribution in [0.4, 0.5) is 0 Å². The first-order valence-corrected chi connectivity index (χ1v) is 5.30. The van der Waals surface area contributed by atoms with Crippen LogP contribution in [0, 0.1) is 4.64 Å². The van der Waals surface area contributed by atoms with E-state index in [0.29, 0.717) is 27.3 Å². The van der Waals surface area contributed by atoms with Gasteiger partial charge < -0.3 is 9.72 Å². The van der Waals surface area contributed by atoms with Gasteiger partial charge in [-0.15, -0.1) is 0 Å². The number of carbonyl (C=O) groups excluding carboxylic acids is 1. The second-order valence-electron chi connectivity index (χ2n) is 3.21. The van der Waals surface area contributed by atoms with Crippen LogP contribution >= 0.6 is 23.8 Å². The first-order valence-electron chi connectivity index (χ1n) is 4.52. The number of nitrogens with one attached hydrogen (secondary N) is 1. The number of aldehydes is 1. The average molecular weight is 254 g/mol. The Morgan fingerprint density at radius 3 is 2.88 bits per heavy atom. The van der Waals surface area contributed by atoms with Gasteiger partial charge in [0.15, 0.2) is 6.29 Å². The Kier molecular flexibility index (Phi) is 2.94. The lowest BCUT2D eigenvalue weighted by molar-refractivity contribution is 0.112. The van der Waals surface area contributed by atoms with Gasteiger partial charge in [-0.1, -0.05) is 23.8 Å². The van der Waals surface area contributed by atoms with E-state index in [1.165, 1.54) is 7.11 Å². The zero-order valence-corrected chi connectivity index (χ0v) is 9.98. The fourth-order valence-corrected chi connectivity index (χ4v) is 2.01. The molecule has 3 nitrogen and oxygen atoms in total. The van der Waals surface area contributed by atoms with Gasteiger partial charge in [0.2, 0.25) is 0 Å². The smallest absolute Gasteiger partial charge is 0.156 e. The van der Waals surface area contributed by atoms with Gasteiger partial charge in [0.1, 0.15) is 10.4 Å². The second-order valence-corrected chi connectivity index (χ2v) is 4.05.